The Morgan fingerprint density at radius 1 is 0.818 bits per heavy atom. The van der Waals surface area contributed by atoms with Gasteiger partial charge < -0.3 is 15.3 Å². The Bertz CT molecular complexity index is 819. The molecule has 0 radical (unpaired) electrons. The molecule has 5 aliphatic carbocycles. The summed E-state index contributed by atoms with van der Waals surface area (Å²) in [5.41, 5.74) is 1.40. The number of rotatable bonds is 2. The minimum atomic E-state index is -0.427. The monoisotopic (exact) mass is 458 g/mol. The fourth-order valence-corrected chi connectivity index (χ4v) is 11.6. The fraction of sp³-hybridized carbons (Fsp3) is 0.933. The summed E-state index contributed by atoms with van der Waals surface area (Å²) in [6.07, 6.45) is 9.12. The van der Waals surface area contributed by atoms with E-state index in [1.165, 1.54) is 31.3 Å². The highest BCUT2D eigenvalue weighted by atomic mass is 16.3. The smallest absolute Gasteiger partial charge is 0.0626 e. The minimum Gasteiger partial charge on any atom is -0.396 e. The van der Waals surface area contributed by atoms with Crippen molar-refractivity contribution in [1.29, 1.82) is 0 Å². The zero-order chi connectivity index (χ0) is 24.2. The van der Waals surface area contributed by atoms with Crippen LogP contribution < -0.4 is 0 Å². The number of aliphatic hydroxyl groups is 3. The molecule has 5 saturated carbocycles. The average molecular weight is 459 g/mol. The zero-order valence-corrected chi connectivity index (χ0v) is 22.2. The summed E-state index contributed by atoms with van der Waals surface area (Å²) in [5, 5.41) is 33.3. The van der Waals surface area contributed by atoms with Crippen molar-refractivity contribution in [1.82, 2.24) is 0 Å². The molecule has 0 aromatic heterocycles. The van der Waals surface area contributed by atoms with Gasteiger partial charge in [-0.25, -0.2) is 0 Å². The van der Waals surface area contributed by atoms with E-state index in [-0.39, 0.29) is 39.8 Å². The maximum Gasteiger partial charge on any atom is 0.0626 e. The molecule has 33 heavy (non-hydrogen) atoms. The first-order valence-corrected chi connectivity index (χ1v) is 13.9. The second kappa shape index (κ2) is 7.32. The van der Waals surface area contributed by atoms with Gasteiger partial charge in [0, 0.05) is 5.41 Å². The second-order valence-corrected chi connectivity index (χ2v) is 14.7. The van der Waals surface area contributed by atoms with Crippen molar-refractivity contribution in [2.75, 3.05) is 6.61 Å². The van der Waals surface area contributed by atoms with E-state index in [9.17, 15) is 15.3 Å². The lowest BCUT2D eigenvalue weighted by molar-refractivity contribution is -0.266. The summed E-state index contributed by atoms with van der Waals surface area (Å²) in [4.78, 5) is 0. The lowest BCUT2D eigenvalue weighted by Crippen LogP contribution is -2.68. The van der Waals surface area contributed by atoms with Crippen molar-refractivity contribution in [2.45, 2.75) is 112 Å². The first-order chi connectivity index (χ1) is 15.3. The lowest BCUT2D eigenvalue weighted by atomic mass is 9.32. The fourth-order valence-electron chi connectivity index (χ4n) is 11.6. The van der Waals surface area contributed by atoms with Crippen molar-refractivity contribution in [3.05, 3.63) is 12.2 Å². The Morgan fingerprint density at radius 2 is 1.52 bits per heavy atom. The molecule has 5 fully saturated rings. The molecule has 5 aliphatic rings. The Balaban J connectivity index is 1.58. The van der Waals surface area contributed by atoms with Crippen LogP contribution >= 0.6 is 0 Å². The number of hydrogen-bond acceptors (Lipinski definition) is 3. The topological polar surface area (TPSA) is 60.7 Å². The highest BCUT2D eigenvalue weighted by Crippen LogP contribution is 2.77. The quantitative estimate of drug-likeness (QED) is 0.447. The zero-order valence-electron chi connectivity index (χ0n) is 22.2. The Labute approximate surface area is 202 Å². The molecule has 0 bridgehead atoms. The summed E-state index contributed by atoms with van der Waals surface area (Å²) in [6, 6.07) is 0. The molecular weight excluding hydrogens is 408 g/mol. The number of allylic oxidation sites excluding steroid dienone is 1. The molecule has 0 spiro atoms. The Hall–Kier alpha value is -0.380. The van der Waals surface area contributed by atoms with Crippen molar-refractivity contribution < 1.29 is 15.3 Å². The molecule has 11 atom stereocenters. The summed E-state index contributed by atoms with van der Waals surface area (Å²) in [7, 11) is 0. The molecule has 0 aromatic rings. The van der Waals surface area contributed by atoms with Crippen LogP contribution in [-0.4, -0.2) is 34.1 Å². The molecule has 0 aromatic carbocycles. The van der Waals surface area contributed by atoms with Gasteiger partial charge in [0.25, 0.3) is 0 Å². The van der Waals surface area contributed by atoms with Gasteiger partial charge in [-0.3, -0.25) is 0 Å². The number of hydrogen-bond donors (Lipinski definition) is 3. The Kier molecular flexibility index (Phi) is 5.40. The minimum absolute atomic E-state index is 0.0271. The summed E-state index contributed by atoms with van der Waals surface area (Å²) >= 11 is 0. The largest absolute Gasteiger partial charge is 0.396 e. The second-order valence-electron chi connectivity index (χ2n) is 14.7. The highest BCUT2D eigenvalue weighted by Gasteiger charge is 2.72. The van der Waals surface area contributed by atoms with Crippen LogP contribution in [0.25, 0.3) is 0 Å². The molecule has 3 N–H and O–H groups in total. The highest BCUT2D eigenvalue weighted by molar-refractivity contribution is 5.23. The molecule has 3 nitrogen and oxygen atoms in total. The van der Waals surface area contributed by atoms with Crippen LogP contribution in [0, 0.1) is 56.7 Å². The van der Waals surface area contributed by atoms with Crippen molar-refractivity contribution >= 4 is 0 Å². The van der Waals surface area contributed by atoms with E-state index in [0.29, 0.717) is 29.6 Å². The van der Waals surface area contributed by atoms with E-state index in [0.717, 1.165) is 32.1 Å². The summed E-state index contributed by atoms with van der Waals surface area (Å²) in [6.45, 7) is 18.9. The molecule has 5 rings (SSSR count). The van der Waals surface area contributed by atoms with Gasteiger partial charge in [0.2, 0.25) is 0 Å². The maximum absolute atomic E-state index is 11.7. The third-order valence-corrected chi connectivity index (χ3v) is 13.6. The maximum atomic E-state index is 11.7. The first-order valence-electron chi connectivity index (χ1n) is 13.9. The van der Waals surface area contributed by atoms with E-state index in [1.54, 1.807) is 0 Å². The van der Waals surface area contributed by atoms with Crippen LogP contribution in [0.1, 0.15) is 99.3 Å². The summed E-state index contributed by atoms with van der Waals surface area (Å²) in [5.74, 6) is 2.51. The van der Waals surface area contributed by atoms with Crippen molar-refractivity contribution in [3.63, 3.8) is 0 Å². The molecule has 4 unspecified atom stereocenters. The van der Waals surface area contributed by atoms with Crippen LogP contribution in [0.15, 0.2) is 12.2 Å². The molecule has 0 saturated heterocycles. The third-order valence-electron chi connectivity index (χ3n) is 13.6. The standard InChI is InChI=1S/C30H50O3/c1-18(2)19-10-15-30(17-31)24(33)16-29(7)20(25(19)30)8-9-22-27(5)13-12-23(32)26(3,4)21(27)11-14-28(22,29)6/h19-25,31-33H,1,8-17H2,2-7H3/t19-,20?,21?,22?,23-,24-,25?,27-,28+,29+,30-/m0/s1. The molecule has 3 heteroatoms. The summed E-state index contributed by atoms with van der Waals surface area (Å²) < 4.78 is 0. The molecule has 0 heterocycles. The van der Waals surface area contributed by atoms with Gasteiger partial charge >= 0.3 is 0 Å². The van der Waals surface area contributed by atoms with Gasteiger partial charge in [-0.2, -0.15) is 0 Å². The average Bonchev–Trinajstić information content (AvgIpc) is 3.13. The van der Waals surface area contributed by atoms with Crippen LogP contribution in [0.3, 0.4) is 0 Å². The third kappa shape index (κ3) is 2.80. The van der Waals surface area contributed by atoms with Crippen LogP contribution in [0.5, 0.6) is 0 Å². The van der Waals surface area contributed by atoms with Crippen LogP contribution in [-0.2, 0) is 0 Å². The van der Waals surface area contributed by atoms with E-state index >= 15 is 0 Å². The molecular formula is C30H50O3. The van der Waals surface area contributed by atoms with E-state index in [1.807, 2.05) is 0 Å². The van der Waals surface area contributed by atoms with Gasteiger partial charge in [0.1, 0.15) is 0 Å². The predicted octanol–water partition coefficient (Wildman–Crippen LogP) is 5.97. The van der Waals surface area contributed by atoms with Crippen molar-refractivity contribution in [2.24, 2.45) is 56.7 Å². The van der Waals surface area contributed by atoms with Gasteiger partial charge in [-0.05, 0) is 116 Å². The molecule has 0 amide bonds. The van der Waals surface area contributed by atoms with Crippen molar-refractivity contribution in [3.8, 4) is 0 Å². The lowest BCUT2D eigenvalue weighted by Gasteiger charge is -2.73. The van der Waals surface area contributed by atoms with Crippen LogP contribution in [0.4, 0.5) is 0 Å². The SMILES string of the molecule is C=C(C)[C@@H]1CC[C@@]2(CO)C1C1CCC3[C@@]4(C)CC[C@H](O)C(C)(C)C4CC[C@@]3(C)[C@]1(C)C[C@@H]2O. The molecule has 0 aliphatic heterocycles. The van der Waals surface area contributed by atoms with Gasteiger partial charge in [0.05, 0.1) is 18.8 Å². The van der Waals surface area contributed by atoms with E-state index in [4.69, 9.17) is 0 Å². The van der Waals surface area contributed by atoms with E-state index in [2.05, 4.69) is 48.1 Å². The Morgan fingerprint density at radius 3 is 2.15 bits per heavy atom. The van der Waals surface area contributed by atoms with Crippen LogP contribution in [0.2, 0.25) is 0 Å². The normalized spacial score (nSPS) is 57.4. The number of fused-ring (bicyclic) bond motifs is 7. The number of aliphatic hydroxyl groups excluding tert-OH is 3. The van der Waals surface area contributed by atoms with Gasteiger partial charge in [-0.15, -0.1) is 0 Å². The van der Waals surface area contributed by atoms with E-state index < -0.39 is 6.10 Å². The predicted molar refractivity (Wildman–Crippen MR) is 133 cm³/mol. The first kappa shape index (κ1) is 24.3. The molecule has 188 valence electrons. The van der Waals surface area contributed by atoms with Gasteiger partial charge in [-0.1, -0.05) is 46.8 Å². The van der Waals surface area contributed by atoms with Gasteiger partial charge in [0.15, 0.2) is 0 Å².